The van der Waals surface area contributed by atoms with Gasteiger partial charge in [-0.2, -0.15) is 0 Å². The van der Waals surface area contributed by atoms with Crippen LogP contribution in [0.4, 0.5) is 0 Å². The number of aliphatic hydroxyl groups is 1. The van der Waals surface area contributed by atoms with Crippen molar-refractivity contribution in [3.05, 3.63) is 76.6 Å². The maximum Gasteiger partial charge on any atom is 0.155 e. The van der Waals surface area contributed by atoms with E-state index in [0.717, 1.165) is 22.3 Å². The quantitative estimate of drug-likeness (QED) is 0.242. The van der Waals surface area contributed by atoms with Crippen LogP contribution in [0.5, 0.6) is 0 Å². The van der Waals surface area contributed by atoms with Gasteiger partial charge in [0.05, 0.1) is 11.3 Å². The molecule has 0 spiro atoms. The molecule has 0 atom stereocenters. The third kappa shape index (κ3) is 6.70. The van der Waals surface area contributed by atoms with E-state index in [2.05, 4.69) is 70.2 Å². The van der Waals surface area contributed by atoms with E-state index in [-0.39, 0.29) is 31.6 Å². The number of aryl methyl sites for hydroxylation is 4. The average Bonchev–Trinajstić information content (AvgIpc) is 2.52. The van der Waals surface area contributed by atoms with Gasteiger partial charge in [0.1, 0.15) is 0 Å². The van der Waals surface area contributed by atoms with Gasteiger partial charge in [-0.05, 0) is 50.6 Å². The Kier molecular flexibility index (Phi) is 8.74. The SMILES string of the molecule is CC(=O)/C=C(/C)O.Cc1[c-]c(-c2ccc3c(C)cc(C)cc3n2)cc(C)c1.[Ir]. The first-order valence-corrected chi connectivity index (χ1v) is 8.92. The van der Waals surface area contributed by atoms with Gasteiger partial charge in [-0.15, -0.1) is 34.9 Å². The summed E-state index contributed by atoms with van der Waals surface area (Å²) in [5.74, 6) is -0.0625. The van der Waals surface area contributed by atoms with Gasteiger partial charge in [0, 0.05) is 31.6 Å². The van der Waals surface area contributed by atoms with E-state index in [9.17, 15) is 4.79 Å². The average molecular weight is 553 g/mol. The molecule has 0 fully saturated rings. The first-order chi connectivity index (χ1) is 12.7. The molecular formula is C24H26IrNO2-. The zero-order valence-electron chi connectivity index (χ0n) is 17.2. The van der Waals surface area contributed by atoms with Crippen LogP contribution < -0.4 is 0 Å². The van der Waals surface area contributed by atoms with Crippen molar-refractivity contribution in [1.82, 2.24) is 4.98 Å². The first-order valence-electron chi connectivity index (χ1n) is 8.92. The second kappa shape index (κ2) is 10.3. The number of nitrogens with zero attached hydrogens (tertiary/aromatic N) is 1. The Balaban J connectivity index is 0.000000425. The Morgan fingerprint density at radius 1 is 1.00 bits per heavy atom. The molecule has 1 aromatic heterocycles. The van der Waals surface area contributed by atoms with E-state index in [0.29, 0.717) is 0 Å². The van der Waals surface area contributed by atoms with E-state index in [1.54, 1.807) is 0 Å². The standard InChI is InChI=1S/C19H18N.C5H8O2.Ir/c1-12-7-13(2)10-16(9-12)18-6-5-17-15(4)8-14(3)11-19(17)20-18;1-4(6)3-5(2)7;/h5-9,11H,1-4H3;3,6H,1-2H3;/q-1;;/b;4-3-;. The molecule has 2 aromatic carbocycles. The number of hydrogen-bond donors (Lipinski definition) is 1. The minimum Gasteiger partial charge on any atom is -0.512 e. The molecule has 0 aliphatic carbocycles. The Hall–Kier alpha value is -2.29. The monoisotopic (exact) mass is 553 g/mol. The summed E-state index contributed by atoms with van der Waals surface area (Å²) in [5, 5.41) is 9.59. The zero-order chi connectivity index (χ0) is 20.1. The number of aromatic nitrogens is 1. The van der Waals surface area contributed by atoms with E-state index in [1.165, 1.54) is 42.0 Å². The molecule has 1 N–H and O–H groups in total. The molecule has 3 rings (SSSR count). The second-order valence-electron chi connectivity index (χ2n) is 7.00. The van der Waals surface area contributed by atoms with Crippen molar-refractivity contribution in [3.63, 3.8) is 0 Å². The number of carbonyl (C=O) groups excluding carboxylic acids is 1. The molecular weight excluding hydrogens is 526 g/mol. The summed E-state index contributed by atoms with van der Waals surface area (Å²) in [6.45, 7) is 11.3. The number of rotatable bonds is 2. The third-order valence-corrected chi connectivity index (χ3v) is 3.99. The molecule has 0 aliphatic rings. The van der Waals surface area contributed by atoms with Crippen LogP contribution in [0.25, 0.3) is 22.2 Å². The predicted octanol–water partition coefficient (Wildman–Crippen LogP) is 5.97. The van der Waals surface area contributed by atoms with Crippen LogP contribution in [0.2, 0.25) is 0 Å². The number of pyridine rings is 1. The van der Waals surface area contributed by atoms with Gasteiger partial charge in [-0.3, -0.25) is 9.78 Å². The number of aliphatic hydroxyl groups excluding tert-OH is 1. The minimum atomic E-state index is -0.125. The molecule has 0 saturated heterocycles. The molecule has 3 aromatic rings. The van der Waals surface area contributed by atoms with Crippen LogP contribution in [0.3, 0.4) is 0 Å². The molecule has 0 unspecified atom stereocenters. The summed E-state index contributed by atoms with van der Waals surface area (Å²) < 4.78 is 0. The van der Waals surface area contributed by atoms with Crippen molar-refractivity contribution in [3.8, 4) is 11.3 Å². The van der Waals surface area contributed by atoms with Gasteiger partial charge in [-0.25, -0.2) is 0 Å². The third-order valence-electron chi connectivity index (χ3n) is 3.99. The topological polar surface area (TPSA) is 50.2 Å². The molecule has 1 radical (unpaired) electrons. The molecule has 4 heteroatoms. The maximum absolute atomic E-state index is 10.0. The van der Waals surface area contributed by atoms with Gasteiger partial charge >= 0.3 is 0 Å². The molecule has 0 aliphatic heterocycles. The smallest absolute Gasteiger partial charge is 0.155 e. The number of hydrogen-bond acceptors (Lipinski definition) is 3. The minimum absolute atomic E-state index is 0. The number of fused-ring (bicyclic) bond motifs is 1. The summed E-state index contributed by atoms with van der Waals surface area (Å²) >= 11 is 0. The predicted molar refractivity (Wildman–Crippen MR) is 112 cm³/mol. The van der Waals surface area contributed by atoms with Crippen molar-refractivity contribution < 1.29 is 30.0 Å². The molecule has 28 heavy (non-hydrogen) atoms. The normalized spacial score (nSPS) is 10.7. The van der Waals surface area contributed by atoms with Gasteiger partial charge in [-0.1, -0.05) is 32.0 Å². The fraction of sp³-hybridized carbons (Fsp3) is 0.250. The van der Waals surface area contributed by atoms with Crippen molar-refractivity contribution in [2.75, 3.05) is 0 Å². The van der Waals surface area contributed by atoms with Crippen LogP contribution in [0.15, 0.2) is 48.2 Å². The van der Waals surface area contributed by atoms with Crippen molar-refractivity contribution >= 4 is 16.7 Å². The van der Waals surface area contributed by atoms with Crippen LogP contribution in [-0.2, 0) is 24.9 Å². The molecule has 3 nitrogen and oxygen atoms in total. The van der Waals surface area contributed by atoms with Gasteiger partial charge in [0.2, 0.25) is 0 Å². The fourth-order valence-corrected chi connectivity index (χ4v) is 3.07. The number of ketones is 1. The molecule has 0 bridgehead atoms. The molecule has 149 valence electrons. The summed E-state index contributed by atoms with van der Waals surface area (Å²) in [6, 6.07) is 16.3. The van der Waals surface area contributed by atoms with Gasteiger partial charge in [0.15, 0.2) is 5.78 Å². The maximum atomic E-state index is 10.0. The number of allylic oxidation sites excluding steroid dienone is 2. The van der Waals surface area contributed by atoms with E-state index in [1.807, 2.05) is 0 Å². The van der Waals surface area contributed by atoms with E-state index >= 15 is 0 Å². The number of carbonyl (C=O) groups is 1. The van der Waals surface area contributed by atoms with Gasteiger partial charge < -0.3 is 5.11 Å². The van der Waals surface area contributed by atoms with Crippen LogP contribution >= 0.6 is 0 Å². The Labute approximate surface area is 180 Å². The van der Waals surface area contributed by atoms with E-state index < -0.39 is 0 Å². The van der Waals surface area contributed by atoms with Crippen LogP contribution in [-0.4, -0.2) is 15.9 Å². The summed E-state index contributed by atoms with van der Waals surface area (Å²) in [4.78, 5) is 14.8. The van der Waals surface area contributed by atoms with Crippen molar-refractivity contribution in [2.24, 2.45) is 0 Å². The zero-order valence-corrected chi connectivity index (χ0v) is 19.6. The number of benzene rings is 2. The fourth-order valence-electron chi connectivity index (χ4n) is 3.07. The molecule has 0 amide bonds. The van der Waals surface area contributed by atoms with Gasteiger partial charge in [0.25, 0.3) is 0 Å². The molecule has 1 heterocycles. The van der Waals surface area contributed by atoms with Crippen LogP contribution in [0.1, 0.15) is 36.1 Å². The molecule has 0 saturated carbocycles. The Morgan fingerprint density at radius 3 is 2.18 bits per heavy atom. The van der Waals surface area contributed by atoms with Crippen molar-refractivity contribution in [2.45, 2.75) is 41.5 Å². The Bertz CT molecular complexity index is 998. The largest absolute Gasteiger partial charge is 0.512 e. The summed E-state index contributed by atoms with van der Waals surface area (Å²) in [5.41, 5.74) is 8.07. The van der Waals surface area contributed by atoms with Crippen LogP contribution in [0, 0.1) is 33.8 Å². The first kappa shape index (κ1) is 23.7. The Morgan fingerprint density at radius 2 is 1.64 bits per heavy atom. The second-order valence-corrected chi connectivity index (χ2v) is 7.00. The van der Waals surface area contributed by atoms with Crippen molar-refractivity contribution in [1.29, 1.82) is 0 Å². The summed E-state index contributed by atoms with van der Waals surface area (Å²) in [6.07, 6.45) is 1.17. The summed E-state index contributed by atoms with van der Waals surface area (Å²) in [7, 11) is 0. The van der Waals surface area contributed by atoms with E-state index in [4.69, 9.17) is 10.1 Å².